The molecule has 5 rings (SSSR count). The van der Waals surface area contributed by atoms with E-state index < -0.39 is 22.9 Å². The number of amides is 3. The van der Waals surface area contributed by atoms with Crippen LogP contribution in [0, 0.1) is 12.7 Å². The average molecular weight is 650 g/mol. The van der Waals surface area contributed by atoms with Gasteiger partial charge in [-0.25, -0.2) is 4.39 Å². The molecule has 5 aromatic carbocycles. The van der Waals surface area contributed by atoms with Crippen molar-refractivity contribution in [2.75, 3.05) is 10.6 Å². The molecule has 0 bridgehead atoms. The van der Waals surface area contributed by atoms with Crippen molar-refractivity contribution in [2.24, 2.45) is 0 Å². The molecular formula is C37H29ClFN3O3S. The second-order valence-electron chi connectivity index (χ2n) is 10.3. The second-order valence-corrected chi connectivity index (χ2v) is 11.8. The molecule has 5 aromatic rings. The van der Waals surface area contributed by atoms with E-state index in [1.807, 2.05) is 67.6 Å². The molecule has 9 heteroatoms. The summed E-state index contributed by atoms with van der Waals surface area (Å²) < 4.78 is 14.7. The predicted molar refractivity (Wildman–Crippen MR) is 183 cm³/mol. The number of rotatable bonds is 10. The molecule has 3 amide bonds. The Morgan fingerprint density at radius 1 is 0.761 bits per heavy atom. The third kappa shape index (κ3) is 8.50. The molecule has 0 heterocycles. The third-order valence-electron chi connectivity index (χ3n) is 6.82. The number of hydrogen-bond acceptors (Lipinski definition) is 4. The van der Waals surface area contributed by atoms with Gasteiger partial charge in [-0.3, -0.25) is 14.4 Å². The van der Waals surface area contributed by atoms with Gasteiger partial charge in [0.2, 0.25) is 5.91 Å². The summed E-state index contributed by atoms with van der Waals surface area (Å²) in [5.41, 5.74) is 3.04. The van der Waals surface area contributed by atoms with Gasteiger partial charge in [0.05, 0.1) is 5.02 Å². The van der Waals surface area contributed by atoms with Crippen LogP contribution in [0.2, 0.25) is 5.02 Å². The van der Waals surface area contributed by atoms with Crippen LogP contribution in [0.4, 0.5) is 15.8 Å². The number of nitrogens with one attached hydrogen (secondary N) is 3. The fourth-order valence-electron chi connectivity index (χ4n) is 4.46. The maximum atomic E-state index is 14.7. The Kier molecular flexibility index (Phi) is 10.7. The minimum Gasteiger partial charge on any atom is -0.325 e. The maximum absolute atomic E-state index is 14.7. The van der Waals surface area contributed by atoms with E-state index in [2.05, 4.69) is 16.0 Å². The van der Waals surface area contributed by atoms with Gasteiger partial charge in [-0.05, 0) is 73.2 Å². The first-order chi connectivity index (χ1) is 22.3. The molecule has 1 atom stereocenters. The van der Waals surface area contributed by atoms with Crippen LogP contribution in [-0.4, -0.2) is 17.7 Å². The first-order valence-electron chi connectivity index (χ1n) is 14.3. The van der Waals surface area contributed by atoms with Crippen LogP contribution in [0.5, 0.6) is 0 Å². The van der Waals surface area contributed by atoms with E-state index in [1.165, 1.54) is 36.0 Å². The molecule has 6 nitrogen and oxygen atoms in total. The summed E-state index contributed by atoms with van der Waals surface area (Å²) in [5, 5.41) is 7.85. The van der Waals surface area contributed by atoms with Gasteiger partial charge in [-0.1, -0.05) is 90.0 Å². The molecule has 0 aliphatic rings. The summed E-state index contributed by atoms with van der Waals surface area (Å²) in [6.07, 6.45) is 1.20. The lowest BCUT2D eigenvalue weighted by Crippen LogP contribution is -2.30. The summed E-state index contributed by atoms with van der Waals surface area (Å²) in [6.45, 7) is 1.98. The predicted octanol–water partition coefficient (Wildman–Crippen LogP) is 8.67. The van der Waals surface area contributed by atoms with E-state index in [0.29, 0.717) is 21.8 Å². The van der Waals surface area contributed by atoms with Crippen LogP contribution in [0.1, 0.15) is 32.3 Å². The zero-order valence-electron chi connectivity index (χ0n) is 24.7. The first kappa shape index (κ1) is 32.2. The van der Waals surface area contributed by atoms with E-state index in [4.69, 9.17) is 11.6 Å². The highest BCUT2D eigenvalue weighted by molar-refractivity contribution is 8.00. The molecule has 46 heavy (non-hydrogen) atoms. The van der Waals surface area contributed by atoms with E-state index in [0.717, 1.165) is 11.1 Å². The lowest BCUT2D eigenvalue weighted by atomic mass is 10.1. The number of thioether (sulfide) groups is 1. The molecule has 0 radical (unpaired) electrons. The van der Waals surface area contributed by atoms with Crippen LogP contribution in [-0.2, 0) is 9.59 Å². The van der Waals surface area contributed by atoms with Crippen molar-refractivity contribution >= 4 is 58.5 Å². The zero-order valence-corrected chi connectivity index (χ0v) is 26.2. The molecule has 1 unspecified atom stereocenters. The molecule has 230 valence electrons. The van der Waals surface area contributed by atoms with Crippen LogP contribution >= 0.6 is 23.4 Å². The number of carbonyl (C=O) groups is 3. The fourth-order valence-corrected chi connectivity index (χ4v) is 5.76. The third-order valence-corrected chi connectivity index (χ3v) is 8.40. The zero-order chi connectivity index (χ0) is 32.5. The number of hydrogen-bond donors (Lipinski definition) is 3. The van der Waals surface area contributed by atoms with Gasteiger partial charge in [0.1, 0.15) is 16.8 Å². The maximum Gasteiger partial charge on any atom is 0.272 e. The average Bonchev–Trinajstić information content (AvgIpc) is 3.06. The highest BCUT2D eigenvalue weighted by Gasteiger charge is 2.23. The van der Waals surface area contributed by atoms with Crippen LogP contribution in [0.25, 0.3) is 6.08 Å². The Morgan fingerprint density at radius 3 is 2.13 bits per heavy atom. The summed E-state index contributed by atoms with van der Waals surface area (Å²) in [6, 6.07) is 36.5. The van der Waals surface area contributed by atoms with Gasteiger partial charge in [-0.15, -0.1) is 11.8 Å². The number of benzene rings is 5. The highest BCUT2D eigenvalue weighted by Crippen LogP contribution is 2.37. The van der Waals surface area contributed by atoms with Crippen molar-refractivity contribution in [1.82, 2.24) is 5.32 Å². The number of aryl methyl sites for hydroxylation is 1. The van der Waals surface area contributed by atoms with Crippen LogP contribution in [0.3, 0.4) is 0 Å². The largest absolute Gasteiger partial charge is 0.325 e. The Hall–Kier alpha value is -5.18. The van der Waals surface area contributed by atoms with E-state index in [9.17, 15) is 18.8 Å². The molecule has 0 aliphatic carbocycles. The SMILES string of the molecule is Cc1ccc(NC(=O)C(Sc2cccc(NC(=O)/C(=C\c3c(F)cccc3Cl)NC(=O)c3ccccc3)c2)c2ccccc2)cc1. The fraction of sp³-hybridized carbons (Fsp3) is 0.0541. The minimum atomic E-state index is -0.692. The monoisotopic (exact) mass is 649 g/mol. The van der Waals surface area contributed by atoms with E-state index in [-0.39, 0.29) is 22.2 Å². The normalized spacial score (nSPS) is 11.8. The molecule has 0 fully saturated rings. The van der Waals surface area contributed by atoms with Gasteiger partial charge in [0, 0.05) is 27.4 Å². The topological polar surface area (TPSA) is 87.3 Å². The molecule has 0 saturated carbocycles. The smallest absolute Gasteiger partial charge is 0.272 e. The van der Waals surface area contributed by atoms with E-state index in [1.54, 1.807) is 48.5 Å². The number of carbonyl (C=O) groups excluding carboxylic acids is 3. The standard InChI is InChI=1S/C37H29ClFN3O3S/c1-24-18-20-27(21-19-24)40-37(45)34(25-10-4-2-5-11-25)46-29-15-8-14-28(22-29)41-36(44)33(23-30-31(38)16-9-17-32(30)39)42-35(43)26-12-6-3-7-13-26/h2-23,34H,1H3,(H,40,45)(H,41,44)(H,42,43)/b33-23+. The molecular weight excluding hydrogens is 621 g/mol. The van der Waals surface area contributed by atoms with Crippen molar-refractivity contribution in [3.63, 3.8) is 0 Å². The first-order valence-corrected chi connectivity index (χ1v) is 15.6. The minimum absolute atomic E-state index is 0.0442. The second kappa shape index (κ2) is 15.2. The molecule has 0 saturated heterocycles. The molecule has 3 N–H and O–H groups in total. The summed E-state index contributed by atoms with van der Waals surface area (Å²) in [5.74, 6) is -2.10. The Labute approximate surface area is 275 Å². The van der Waals surface area contributed by atoms with Gasteiger partial charge in [-0.2, -0.15) is 0 Å². The quantitative estimate of drug-likeness (QED) is 0.104. The summed E-state index contributed by atoms with van der Waals surface area (Å²) >= 11 is 7.55. The van der Waals surface area contributed by atoms with Gasteiger partial charge in [0.15, 0.2) is 0 Å². The number of anilines is 2. The lowest BCUT2D eigenvalue weighted by molar-refractivity contribution is -0.116. The molecule has 0 aliphatic heterocycles. The van der Waals surface area contributed by atoms with Gasteiger partial charge >= 0.3 is 0 Å². The van der Waals surface area contributed by atoms with E-state index >= 15 is 0 Å². The van der Waals surface area contributed by atoms with Crippen LogP contribution in [0.15, 0.2) is 138 Å². The van der Waals surface area contributed by atoms with Crippen molar-refractivity contribution in [1.29, 1.82) is 0 Å². The molecule has 0 aromatic heterocycles. The van der Waals surface area contributed by atoms with Crippen molar-refractivity contribution < 1.29 is 18.8 Å². The van der Waals surface area contributed by atoms with Crippen molar-refractivity contribution in [2.45, 2.75) is 17.1 Å². The van der Waals surface area contributed by atoms with Gasteiger partial charge < -0.3 is 16.0 Å². The Balaban J connectivity index is 1.39. The highest BCUT2D eigenvalue weighted by atomic mass is 35.5. The summed E-state index contributed by atoms with van der Waals surface area (Å²) in [4.78, 5) is 40.8. The lowest BCUT2D eigenvalue weighted by Gasteiger charge is -2.18. The molecule has 0 spiro atoms. The van der Waals surface area contributed by atoms with Crippen molar-refractivity contribution in [3.8, 4) is 0 Å². The summed E-state index contributed by atoms with van der Waals surface area (Å²) in [7, 11) is 0. The van der Waals surface area contributed by atoms with Crippen LogP contribution < -0.4 is 16.0 Å². The number of halogens is 2. The van der Waals surface area contributed by atoms with Gasteiger partial charge in [0.25, 0.3) is 11.8 Å². The Bertz CT molecular complexity index is 1860. The Morgan fingerprint density at radius 2 is 1.43 bits per heavy atom. The van der Waals surface area contributed by atoms with Crippen molar-refractivity contribution in [3.05, 3.63) is 166 Å².